The minimum atomic E-state index is 0.819. The van der Waals surface area contributed by atoms with Gasteiger partial charge in [0.1, 0.15) is 0 Å². The lowest BCUT2D eigenvalue weighted by Gasteiger charge is -1.94. The number of rotatable bonds is 4. The molecule has 0 amide bonds. The highest BCUT2D eigenvalue weighted by molar-refractivity contribution is 4.94. The molecular weight excluding hydrogens is 112 g/mol. The van der Waals surface area contributed by atoms with Crippen molar-refractivity contribution >= 4 is 0 Å². The predicted octanol–water partition coefficient (Wildman–Crippen LogP) is 1.83. The molecule has 0 N–H and O–H groups in total. The van der Waals surface area contributed by atoms with Crippen LogP contribution in [-0.2, 0) is 4.74 Å². The van der Waals surface area contributed by atoms with E-state index in [4.69, 9.17) is 4.74 Å². The summed E-state index contributed by atoms with van der Waals surface area (Å²) in [4.78, 5) is 0. The van der Waals surface area contributed by atoms with Gasteiger partial charge in [-0.1, -0.05) is 0 Å². The number of unbranched alkanes of at least 4 members (excludes halogenated alkanes) is 1. The van der Waals surface area contributed by atoms with Crippen LogP contribution in [0.5, 0.6) is 0 Å². The fourth-order valence-electron chi connectivity index (χ4n) is 0.532. The van der Waals surface area contributed by atoms with E-state index in [1.54, 1.807) is 0 Å². The molecule has 1 nitrogen and oxygen atoms in total. The molecule has 0 unspecified atom stereocenters. The van der Waals surface area contributed by atoms with Gasteiger partial charge in [0.15, 0.2) is 0 Å². The second-order valence-corrected chi connectivity index (χ2v) is 1.73. The zero-order valence-electron chi connectivity index (χ0n) is 6.24. The molecule has 0 fully saturated rings. The summed E-state index contributed by atoms with van der Waals surface area (Å²) in [6.07, 6.45) is 2.03. The van der Waals surface area contributed by atoms with E-state index in [0.29, 0.717) is 0 Å². The van der Waals surface area contributed by atoms with E-state index in [1.165, 1.54) is 0 Å². The Hall–Kier alpha value is -0.480. The summed E-state index contributed by atoms with van der Waals surface area (Å²) < 4.78 is 5.11. The molecule has 0 radical (unpaired) electrons. The van der Waals surface area contributed by atoms with Crippen molar-refractivity contribution in [2.75, 3.05) is 13.2 Å². The first-order valence-electron chi connectivity index (χ1n) is 3.39. The van der Waals surface area contributed by atoms with Crippen molar-refractivity contribution in [3.05, 3.63) is 0 Å². The molecule has 0 aliphatic carbocycles. The highest BCUT2D eigenvalue weighted by Gasteiger charge is 1.81. The van der Waals surface area contributed by atoms with Gasteiger partial charge in [0.25, 0.3) is 0 Å². The van der Waals surface area contributed by atoms with Crippen LogP contribution >= 0.6 is 0 Å². The van der Waals surface area contributed by atoms with Gasteiger partial charge in [0.05, 0.1) is 0 Å². The van der Waals surface area contributed by atoms with Crippen molar-refractivity contribution in [1.29, 1.82) is 0 Å². The summed E-state index contributed by atoms with van der Waals surface area (Å²) in [5.41, 5.74) is 0. The summed E-state index contributed by atoms with van der Waals surface area (Å²) in [7, 11) is 0. The second-order valence-electron chi connectivity index (χ2n) is 1.73. The third-order valence-corrected chi connectivity index (χ3v) is 0.971. The van der Waals surface area contributed by atoms with E-state index in [9.17, 15) is 0 Å². The molecule has 0 heterocycles. The van der Waals surface area contributed by atoms with Crippen LogP contribution < -0.4 is 0 Å². The summed E-state index contributed by atoms with van der Waals surface area (Å²) in [6.45, 7) is 5.54. The Balaban J connectivity index is 2.80. The van der Waals surface area contributed by atoms with Gasteiger partial charge in [-0.05, 0) is 20.3 Å². The first-order chi connectivity index (χ1) is 4.41. The maximum absolute atomic E-state index is 5.11. The van der Waals surface area contributed by atoms with E-state index in [-0.39, 0.29) is 0 Å². The molecule has 0 aromatic carbocycles. The lowest BCUT2D eigenvalue weighted by molar-refractivity contribution is 0.146. The van der Waals surface area contributed by atoms with Crippen LogP contribution in [0.4, 0.5) is 0 Å². The Morgan fingerprint density at radius 3 is 2.78 bits per heavy atom. The van der Waals surface area contributed by atoms with Gasteiger partial charge in [0.2, 0.25) is 0 Å². The SMILES string of the molecule is CC#CCCCOCC. The van der Waals surface area contributed by atoms with E-state index >= 15 is 0 Å². The van der Waals surface area contributed by atoms with Crippen molar-refractivity contribution in [3.8, 4) is 11.8 Å². The maximum atomic E-state index is 5.11. The lowest BCUT2D eigenvalue weighted by Crippen LogP contribution is -1.91. The van der Waals surface area contributed by atoms with Crippen LogP contribution in [0.1, 0.15) is 26.7 Å². The van der Waals surface area contributed by atoms with Crippen LogP contribution in [0.15, 0.2) is 0 Å². The fourth-order valence-corrected chi connectivity index (χ4v) is 0.532. The minimum absolute atomic E-state index is 0.819. The second kappa shape index (κ2) is 7.52. The lowest BCUT2D eigenvalue weighted by atomic mass is 10.3. The van der Waals surface area contributed by atoms with Gasteiger partial charge < -0.3 is 4.74 Å². The third kappa shape index (κ3) is 7.52. The van der Waals surface area contributed by atoms with Gasteiger partial charge in [-0.3, -0.25) is 0 Å². The number of ether oxygens (including phenoxy) is 1. The van der Waals surface area contributed by atoms with Gasteiger partial charge >= 0.3 is 0 Å². The van der Waals surface area contributed by atoms with Crippen LogP contribution in [0, 0.1) is 11.8 Å². The summed E-state index contributed by atoms with van der Waals surface area (Å²) >= 11 is 0. The van der Waals surface area contributed by atoms with Crippen LogP contribution in [0.2, 0.25) is 0 Å². The molecular formula is C8H14O. The Kier molecular flexibility index (Phi) is 7.12. The van der Waals surface area contributed by atoms with E-state index in [1.807, 2.05) is 13.8 Å². The van der Waals surface area contributed by atoms with E-state index in [2.05, 4.69) is 11.8 Å². The Morgan fingerprint density at radius 1 is 1.44 bits per heavy atom. The molecule has 0 aromatic rings. The predicted molar refractivity (Wildman–Crippen MR) is 39.2 cm³/mol. The average Bonchev–Trinajstić information content (AvgIpc) is 1.89. The molecule has 0 aromatic heterocycles. The molecule has 0 bridgehead atoms. The van der Waals surface area contributed by atoms with Crippen molar-refractivity contribution < 1.29 is 4.74 Å². The van der Waals surface area contributed by atoms with Crippen LogP contribution in [-0.4, -0.2) is 13.2 Å². The highest BCUT2D eigenvalue weighted by atomic mass is 16.5. The zero-order chi connectivity index (χ0) is 6.95. The molecule has 0 saturated heterocycles. The molecule has 0 spiro atoms. The molecule has 0 aliphatic heterocycles. The summed E-state index contributed by atoms with van der Waals surface area (Å²) in [5.74, 6) is 5.82. The quantitative estimate of drug-likeness (QED) is 0.412. The van der Waals surface area contributed by atoms with Gasteiger partial charge in [-0.15, -0.1) is 11.8 Å². The van der Waals surface area contributed by atoms with Gasteiger partial charge in [0, 0.05) is 19.6 Å². The maximum Gasteiger partial charge on any atom is 0.0474 e. The van der Waals surface area contributed by atoms with Crippen molar-refractivity contribution in [2.45, 2.75) is 26.7 Å². The zero-order valence-corrected chi connectivity index (χ0v) is 6.24. The third-order valence-electron chi connectivity index (χ3n) is 0.971. The van der Waals surface area contributed by atoms with Crippen molar-refractivity contribution in [3.63, 3.8) is 0 Å². The molecule has 52 valence electrons. The van der Waals surface area contributed by atoms with Crippen LogP contribution in [0.25, 0.3) is 0 Å². The average molecular weight is 126 g/mol. The standard InChI is InChI=1S/C8H14O/c1-3-5-6-7-8-9-4-2/h4,6-8H2,1-2H3. The topological polar surface area (TPSA) is 9.23 Å². The number of hydrogen-bond donors (Lipinski definition) is 0. The minimum Gasteiger partial charge on any atom is -0.382 e. The molecule has 0 aliphatic rings. The molecule has 1 heteroatoms. The highest BCUT2D eigenvalue weighted by Crippen LogP contribution is 1.86. The summed E-state index contributed by atoms with van der Waals surface area (Å²) in [5, 5.41) is 0. The smallest absolute Gasteiger partial charge is 0.0474 e. The van der Waals surface area contributed by atoms with E-state index < -0.39 is 0 Å². The van der Waals surface area contributed by atoms with E-state index in [0.717, 1.165) is 26.1 Å². The Bertz CT molecular complexity index is 96.9. The summed E-state index contributed by atoms with van der Waals surface area (Å²) in [6, 6.07) is 0. The molecule has 0 saturated carbocycles. The fraction of sp³-hybridized carbons (Fsp3) is 0.750. The largest absolute Gasteiger partial charge is 0.382 e. The first-order valence-corrected chi connectivity index (χ1v) is 3.39. The molecule has 0 atom stereocenters. The Labute approximate surface area is 57.4 Å². The molecule has 0 rings (SSSR count). The van der Waals surface area contributed by atoms with Crippen molar-refractivity contribution in [2.24, 2.45) is 0 Å². The van der Waals surface area contributed by atoms with Crippen LogP contribution in [0.3, 0.4) is 0 Å². The molecule has 9 heavy (non-hydrogen) atoms. The van der Waals surface area contributed by atoms with Crippen molar-refractivity contribution in [1.82, 2.24) is 0 Å². The monoisotopic (exact) mass is 126 g/mol. The first kappa shape index (κ1) is 8.52. The Morgan fingerprint density at radius 2 is 2.22 bits per heavy atom. The normalized spacial score (nSPS) is 8.22. The van der Waals surface area contributed by atoms with Gasteiger partial charge in [-0.25, -0.2) is 0 Å². The van der Waals surface area contributed by atoms with Gasteiger partial charge in [-0.2, -0.15) is 0 Å². The number of hydrogen-bond acceptors (Lipinski definition) is 1.